The van der Waals surface area contributed by atoms with E-state index < -0.39 is 0 Å². The molecule has 3 heterocycles. The summed E-state index contributed by atoms with van der Waals surface area (Å²) in [5, 5.41) is 3.61. The van der Waals surface area contributed by atoms with Crippen molar-refractivity contribution < 1.29 is 9.47 Å². The Bertz CT molecular complexity index is 899. The molecular weight excluding hydrogens is 388 g/mol. The number of hydrogen-bond acceptors (Lipinski definition) is 6. The minimum Gasteiger partial charge on any atom is -0.381 e. The first-order valence-corrected chi connectivity index (χ1v) is 11.7. The standard InChI is InChI=1S/C25H34N4O2/c1-18-14-22(30-2)7-5-19(18)16-29-17-20-4-3-9-26-25(20)27-23-8-6-21(15-24(23)29)28-10-12-31-13-11-28/h3-4,6,8-9,15,18-19,22H,5,7,10-14,16-17H2,1-2H3,(H,26,27)/t18-,19-,22-/m1/s1. The smallest absolute Gasteiger partial charge is 0.135 e. The Balaban J connectivity index is 1.46. The number of benzene rings is 1. The summed E-state index contributed by atoms with van der Waals surface area (Å²) in [6.07, 6.45) is 5.84. The van der Waals surface area contributed by atoms with Crippen molar-refractivity contribution in [3.05, 3.63) is 42.1 Å². The van der Waals surface area contributed by atoms with Gasteiger partial charge in [0.1, 0.15) is 5.82 Å². The van der Waals surface area contributed by atoms with Gasteiger partial charge in [-0.1, -0.05) is 13.0 Å². The fourth-order valence-corrected chi connectivity index (χ4v) is 5.34. The maximum atomic E-state index is 5.66. The maximum Gasteiger partial charge on any atom is 0.135 e. The lowest BCUT2D eigenvalue weighted by Gasteiger charge is -2.38. The Hall–Kier alpha value is -2.31. The minimum absolute atomic E-state index is 0.419. The second-order valence-corrected chi connectivity index (χ2v) is 9.23. The summed E-state index contributed by atoms with van der Waals surface area (Å²) >= 11 is 0. The van der Waals surface area contributed by atoms with Gasteiger partial charge >= 0.3 is 0 Å². The first-order valence-electron chi connectivity index (χ1n) is 11.7. The average Bonchev–Trinajstić information content (AvgIpc) is 2.97. The number of hydrogen-bond donors (Lipinski definition) is 1. The number of rotatable bonds is 4. The van der Waals surface area contributed by atoms with Crippen molar-refractivity contribution in [3.63, 3.8) is 0 Å². The predicted molar refractivity (Wildman–Crippen MR) is 125 cm³/mol. The third-order valence-electron chi connectivity index (χ3n) is 7.29. The number of methoxy groups -OCH3 is 1. The number of nitrogens with one attached hydrogen (secondary N) is 1. The highest BCUT2D eigenvalue weighted by atomic mass is 16.5. The zero-order chi connectivity index (χ0) is 21.2. The van der Waals surface area contributed by atoms with Gasteiger partial charge in [-0.3, -0.25) is 0 Å². The number of aromatic nitrogens is 1. The van der Waals surface area contributed by atoms with E-state index in [-0.39, 0.29) is 0 Å². The summed E-state index contributed by atoms with van der Waals surface area (Å²) in [6, 6.07) is 11.1. The Morgan fingerprint density at radius 1 is 1.19 bits per heavy atom. The van der Waals surface area contributed by atoms with E-state index in [4.69, 9.17) is 9.47 Å². The van der Waals surface area contributed by atoms with Gasteiger partial charge in [0.2, 0.25) is 0 Å². The molecule has 0 spiro atoms. The largest absolute Gasteiger partial charge is 0.381 e. The zero-order valence-electron chi connectivity index (χ0n) is 18.7. The van der Waals surface area contributed by atoms with Crippen LogP contribution >= 0.6 is 0 Å². The molecule has 31 heavy (non-hydrogen) atoms. The molecule has 1 aromatic heterocycles. The highest BCUT2D eigenvalue weighted by Gasteiger charge is 2.31. The van der Waals surface area contributed by atoms with Crippen molar-refractivity contribution in [1.29, 1.82) is 0 Å². The normalized spacial score (nSPS) is 25.9. The molecule has 0 amide bonds. The van der Waals surface area contributed by atoms with Gasteiger partial charge in [-0.25, -0.2) is 4.98 Å². The van der Waals surface area contributed by atoms with Crippen molar-refractivity contribution in [3.8, 4) is 0 Å². The van der Waals surface area contributed by atoms with Crippen LogP contribution in [-0.4, -0.2) is 51.0 Å². The Kier molecular flexibility index (Phi) is 6.01. The van der Waals surface area contributed by atoms with Crippen LogP contribution in [0.4, 0.5) is 22.9 Å². The number of ether oxygens (including phenoxy) is 2. The molecule has 5 rings (SSSR count). The summed E-state index contributed by atoms with van der Waals surface area (Å²) in [5.74, 6) is 2.31. The van der Waals surface area contributed by atoms with Crippen molar-refractivity contribution in [1.82, 2.24) is 4.98 Å². The number of morpholine rings is 1. The molecule has 2 fully saturated rings. The van der Waals surface area contributed by atoms with Gasteiger partial charge in [-0.2, -0.15) is 0 Å². The van der Waals surface area contributed by atoms with Gasteiger partial charge in [-0.15, -0.1) is 0 Å². The van der Waals surface area contributed by atoms with Crippen LogP contribution in [-0.2, 0) is 16.0 Å². The molecular formula is C25H34N4O2. The minimum atomic E-state index is 0.419. The van der Waals surface area contributed by atoms with E-state index in [0.717, 1.165) is 63.7 Å². The van der Waals surface area contributed by atoms with Gasteiger partial charge in [0.05, 0.1) is 30.7 Å². The summed E-state index contributed by atoms with van der Waals surface area (Å²) in [6.45, 7) is 7.84. The van der Waals surface area contributed by atoms with Crippen LogP contribution in [0.5, 0.6) is 0 Å². The van der Waals surface area contributed by atoms with Crippen molar-refractivity contribution in [2.45, 2.75) is 38.8 Å². The van der Waals surface area contributed by atoms with E-state index in [1.54, 1.807) is 0 Å². The molecule has 6 heteroatoms. The fraction of sp³-hybridized carbons (Fsp3) is 0.560. The zero-order valence-corrected chi connectivity index (χ0v) is 18.7. The lowest BCUT2D eigenvalue weighted by molar-refractivity contribution is 0.0345. The van der Waals surface area contributed by atoms with Gasteiger partial charge in [0.15, 0.2) is 0 Å². The third kappa shape index (κ3) is 4.37. The highest BCUT2D eigenvalue weighted by Crippen LogP contribution is 2.40. The van der Waals surface area contributed by atoms with Gasteiger partial charge in [0, 0.05) is 50.7 Å². The van der Waals surface area contributed by atoms with Crippen molar-refractivity contribution in [2.24, 2.45) is 11.8 Å². The Morgan fingerprint density at radius 3 is 2.87 bits per heavy atom. The molecule has 1 aromatic carbocycles. The monoisotopic (exact) mass is 422 g/mol. The van der Waals surface area contributed by atoms with Gasteiger partial charge in [-0.05, 0) is 55.4 Å². The van der Waals surface area contributed by atoms with Crippen LogP contribution in [0.2, 0.25) is 0 Å². The summed E-state index contributed by atoms with van der Waals surface area (Å²) in [7, 11) is 1.85. The molecule has 166 valence electrons. The SMILES string of the molecule is CO[C@@H]1CC[C@H](CN2Cc3cccnc3Nc3ccc(N4CCOCC4)cc32)[C@H](C)C1. The molecule has 1 aliphatic carbocycles. The molecule has 1 saturated heterocycles. The lowest BCUT2D eigenvalue weighted by Crippen LogP contribution is -2.37. The number of nitrogens with zero attached hydrogens (tertiary/aromatic N) is 3. The van der Waals surface area contributed by atoms with Crippen LogP contribution in [0, 0.1) is 11.8 Å². The van der Waals surface area contributed by atoms with E-state index in [1.807, 2.05) is 19.4 Å². The molecule has 3 aliphatic rings. The predicted octanol–water partition coefficient (Wildman–Crippen LogP) is 4.43. The van der Waals surface area contributed by atoms with Crippen LogP contribution < -0.4 is 15.1 Å². The number of fused-ring (bicyclic) bond motifs is 2. The molecule has 0 bridgehead atoms. The number of anilines is 4. The second-order valence-electron chi connectivity index (χ2n) is 9.23. The molecule has 0 radical (unpaired) electrons. The number of pyridine rings is 1. The molecule has 2 aromatic rings. The Morgan fingerprint density at radius 2 is 2.06 bits per heavy atom. The summed E-state index contributed by atoms with van der Waals surface area (Å²) in [5.41, 5.74) is 4.96. The van der Waals surface area contributed by atoms with E-state index in [1.165, 1.54) is 23.4 Å². The molecule has 2 aliphatic heterocycles. The van der Waals surface area contributed by atoms with Crippen molar-refractivity contribution >= 4 is 22.9 Å². The van der Waals surface area contributed by atoms with E-state index >= 15 is 0 Å². The Labute approximate surface area is 185 Å². The van der Waals surface area contributed by atoms with Crippen LogP contribution in [0.1, 0.15) is 31.7 Å². The van der Waals surface area contributed by atoms with Gasteiger partial charge in [0.25, 0.3) is 0 Å². The second kappa shape index (κ2) is 9.05. The summed E-state index contributed by atoms with van der Waals surface area (Å²) in [4.78, 5) is 9.64. The van der Waals surface area contributed by atoms with Crippen LogP contribution in [0.3, 0.4) is 0 Å². The first kappa shape index (κ1) is 20.6. The van der Waals surface area contributed by atoms with E-state index in [9.17, 15) is 0 Å². The summed E-state index contributed by atoms with van der Waals surface area (Å²) < 4.78 is 11.2. The average molecular weight is 423 g/mol. The highest BCUT2D eigenvalue weighted by molar-refractivity contribution is 5.81. The quantitative estimate of drug-likeness (QED) is 0.787. The topological polar surface area (TPSA) is 49.9 Å². The van der Waals surface area contributed by atoms with Crippen LogP contribution in [0.25, 0.3) is 0 Å². The molecule has 1 saturated carbocycles. The molecule has 1 N–H and O–H groups in total. The lowest BCUT2D eigenvalue weighted by atomic mass is 9.78. The third-order valence-corrected chi connectivity index (χ3v) is 7.29. The fourth-order valence-electron chi connectivity index (χ4n) is 5.34. The molecule has 6 nitrogen and oxygen atoms in total. The van der Waals surface area contributed by atoms with Crippen molar-refractivity contribution in [2.75, 3.05) is 55.1 Å². The van der Waals surface area contributed by atoms with E-state index in [2.05, 4.69) is 51.3 Å². The molecule has 3 atom stereocenters. The first-order chi connectivity index (χ1) is 15.2. The van der Waals surface area contributed by atoms with E-state index in [0.29, 0.717) is 17.9 Å². The van der Waals surface area contributed by atoms with Crippen LogP contribution in [0.15, 0.2) is 36.5 Å². The van der Waals surface area contributed by atoms with Gasteiger partial charge < -0.3 is 24.6 Å². The maximum absolute atomic E-state index is 5.66. The molecule has 0 unspecified atom stereocenters.